The second-order valence-electron chi connectivity index (χ2n) is 5.32. The van der Waals surface area contributed by atoms with Crippen molar-refractivity contribution in [1.29, 1.82) is 0 Å². The van der Waals surface area contributed by atoms with Crippen molar-refractivity contribution in [1.82, 2.24) is 15.3 Å². The van der Waals surface area contributed by atoms with Gasteiger partial charge in [-0.05, 0) is 31.2 Å². The van der Waals surface area contributed by atoms with E-state index in [9.17, 15) is 14.0 Å². The van der Waals surface area contributed by atoms with Gasteiger partial charge in [0.05, 0.1) is 17.7 Å². The summed E-state index contributed by atoms with van der Waals surface area (Å²) in [6, 6.07) is 8.63. The summed E-state index contributed by atoms with van der Waals surface area (Å²) in [6.45, 7) is 2.50. The Balaban J connectivity index is 1.87. The number of hydrogen-bond acceptors (Lipinski definition) is 4. The van der Waals surface area contributed by atoms with Gasteiger partial charge in [0.15, 0.2) is 0 Å². The summed E-state index contributed by atoms with van der Waals surface area (Å²) in [5.41, 5.74) is 0.701. The fourth-order valence-electron chi connectivity index (χ4n) is 2.52. The quantitative estimate of drug-likeness (QED) is 0.746. The molecule has 0 radical (unpaired) electrons. The van der Waals surface area contributed by atoms with E-state index < -0.39 is 17.3 Å². The van der Waals surface area contributed by atoms with Crippen molar-refractivity contribution in [2.45, 2.75) is 13.5 Å². The number of nitrogens with one attached hydrogen (secondary N) is 2. The lowest BCUT2D eigenvalue weighted by Gasteiger charge is -2.11. The second-order valence-corrected chi connectivity index (χ2v) is 5.32. The summed E-state index contributed by atoms with van der Waals surface area (Å²) < 4.78 is 18.8. The van der Waals surface area contributed by atoms with Crippen LogP contribution >= 0.6 is 0 Å². The molecule has 0 fully saturated rings. The number of aromatic amines is 1. The molecule has 0 aliphatic carbocycles. The molecule has 0 spiro atoms. The largest absolute Gasteiger partial charge is 0.478 e. The SMILES string of the molecule is CCOc1ncccc1CNC(=O)c1cc(=O)[nH]c2cc(F)ccc12. The Labute approximate surface area is 142 Å². The number of aromatic nitrogens is 2. The van der Waals surface area contributed by atoms with Crippen LogP contribution < -0.4 is 15.6 Å². The lowest BCUT2D eigenvalue weighted by molar-refractivity contribution is 0.0952. The van der Waals surface area contributed by atoms with Gasteiger partial charge in [-0.2, -0.15) is 0 Å². The molecular formula is C18H16FN3O3. The Morgan fingerprint density at radius 3 is 2.96 bits per heavy atom. The average Bonchev–Trinajstić information content (AvgIpc) is 2.60. The van der Waals surface area contributed by atoms with Crippen molar-refractivity contribution >= 4 is 16.8 Å². The zero-order chi connectivity index (χ0) is 17.8. The molecule has 2 N–H and O–H groups in total. The van der Waals surface area contributed by atoms with Crippen molar-refractivity contribution in [3.8, 4) is 5.88 Å². The highest BCUT2D eigenvalue weighted by Gasteiger charge is 2.13. The van der Waals surface area contributed by atoms with E-state index in [4.69, 9.17) is 4.74 Å². The Hall–Kier alpha value is -3.22. The highest BCUT2D eigenvalue weighted by atomic mass is 19.1. The molecule has 3 rings (SSSR count). The lowest BCUT2D eigenvalue weighted by atomic mass is 10.1. The molecule has 0 aliphatic rings. The van der Waals surface area contributed by atoms with Crippen LogP contribution in [0, 0.1) is 5.82 Å². The predicted octanol–water partition coefficient (Wildman–Crippen LogP) is 2.39. The second kappa shape index (κ2) is 7.12. The van der Waals surface area contributed by atoms with E-state index in [0.29, 0.717) is 17.9 Å². The van der Waals surface area contributed by atoms with Gasteiger partial charge in [-0.25, -0.2) is 9.37 Å². The fourth-order valence-corrected chi connectivity index (χ4v) is 2.52. The van der Waals surface area contributed by atoms with E-state index in [1.165, 1.54) is 24.3 Å². The van der Waals surface area contributed by atoms with Gasteiger partial charge in [-0.3, -0.25) is 9.59 Å². The number of carbonyl (C=O) groups is 1. The van der Waals surface area contributed by atoms with Crippen LogP contribution in [0.2, 0.25) is 0 Å². The Bertz CT molecular complexity index is 985. The van der Waals surface area contributed by atoms with E-state index >= 15 is 0 Å². The highest BCUT2D eigenvalue weighted by Crippen LogP contribution is 2.17. The molecule has 0 unspecified atom stereocenters. The van der Waals surface area contributed by atoms with Crippen LogP contribution in [0.1, 0.15) is 22.8 Å². The predicted molar refractivity (Wildman–Crippen MR) is 91.1 cm³/mol. The molecule has 7 heteroatoms. The third kappa shape index (κ3) is 3.65. The molecule has 0 bridgehead atoms. The number of H-pyrrole nitrogens is 1. The van der Waals surface area contributed by atoms with Gasteiger partial charge in [0.1, 0.15) is 5.82 Å². The van der Waals surface area contributed by atoms with Crippen molar-refractivity contribution < 1.29 is 13.9 Å². The number of hydrogen-bond donors (Lipinski definition) is 2. The highest BCUT2D eigenvalue weighted by molar-refractivity contribution is 6.05. The summed E-state index contributed by atoms with van der Waals surface area (Å²) in [7, 11) is 0. The lowest BCUT2D eigenvalue weighted by Crippen LogP contribution is -2.25. The minimum absolute atomic E-state index is 0.181. The number of rotatable bonds is 5. The molecule has 6 nitrogen and oxygen atoms in total. The number of halogens is 1. The molecule has 2 heterocycles. The molecule has 25 heavy (non-hydrogen) atoms. The maximum Gasteiger partial charge on any atom is 0.252 e. The van der Waals surface area contributed by atoms with Crippen LogP contribution in [0.4, 0.5) is 4.39 Å². The first-order valence-electron chi connectivity index (χ1n) is 7.76. The monoisotopic (exact) mass is 341 g/mol. The fraction of sp³-hybridized carbons (Fsp3) is 0.167. The van der Waals surface area contributed by atoms with Crippen LogP contribution in [0.25, 0.3) is 10.9 Å². The Morgan fingerprint density at radius 1 is 1.32 bits per heavy atom. The number of benzene rings is 1. The van der Waals surface area contributed by atoms with Crippen LogP contribution in [-0.2, 0) is 6.54 Å². The first kappa shape index (κ1) is 16.6. The zero-order valence-electron chi connectivity index (χ0n) is 13.5. The molecule has 2 aromatic heterocycles. The first-order chi connectivity index (χ1) is 12.1. The molecule has 1 aromatic carbocycles. The molecule has 0 atom stereocenters. The summed E-state index contributed by atoms with van der Waals surface area (Å²) >= 11 is 0. The van der Waals surface area contributed by atoms with E-state index in [1.807, 2.05) is 6.92 Å². The summed E-state index contributed by atoms with van der Waals surface area (Å²) in [5.74, 6) is -0.477. The number of fused-ring (bicyclic) bond motifs is 1. The van der Waals surface area contributed by atoms with Crippen molar-refractivity contribution in [3.05, 3.63) is 69.9 Å². The van der Waals surface area contributed by atoms with Gasteiger partial charge in [0.25, 0.3) is 5.91 Å². The normalized spacial score (nSPS) is 10.6. The van der Waals surface area contributed by atoms with Crippen LogP contribution in [0.3, 0.4) is 0 Å². The molecule has 0 saturated carbocycles. The van der Waals surface area contributed by atoms with E-state index in [0.717, 1.165) is 5.56 Å². The van der Waals surface area contributed by atoms with Crippen molar-refractivity contribution in [2.75, 3.05) is 6.61 Å². The summed E-state index contributed by atoms with van der Waals surface area (Å²) in [6.07, 6.45) is 1.61. The van der Waals surface area contributed by atoms with Gasteiger partial charge in [-0.15, -0.1) is 0 Å². The number of carbonyl (C=O) groups excluding carboxylic acids is 1. The number of amides is 1. The van der Waals surface area contributed by atoms with E-state index in [-0.39, 0.29) is 17.6 Å². The van der Waals surface area contributed by atoms with Crippen LogP contribution in [-0.4, -0.2) is 22.5 Å². The Kier molecular flexibility index (Phi) is 4.74. The molecule has 128 valence electrons. The average molecular weight is 341 g/mol. The third-order valence-electron chi connectivity index (χ3n) is 3.62. The molecule has 3 aromatic rings. The maximum absolute atomic E-state index is 13.3. The third-order valence-corrected chi connectivity index (χ3v) is 3.62. The summed E-state index contributed by atoms with van der Waals surface area (Å²) in [5, 5.41) is 3.21. The molecule has 0 aliphatic heterocycles. The molecule has 1 amide bonds. The Morgan fingerprint density at radius 2 is 2.16 bits per heavy atom. The topological polar surface area (TPSA) is 84.1 Å². The maximum atomic E-state index is 13.3. The molecular weight excluding hydrogens is 325 g/mol. The van der Waals surface area contributed by atoms with Gasteiger partial charge in [0.2, 0.25) is 11.4 Å². The van der Waals surface area contributed by atoms with Crippen molar-refractivity contribution in [2.24, 2.45) is 0 Å². The minimum atomic E-state index is -0.488. The minimum Gasteiger partial charge on any atom is -0.478 e. The van der Waals surface area contributed by atoms with Crippen molar-refractivity contribution in [3.63, 3.8) is 0 Å². The summed E-state index contributed by atoms with van der Waals surface area (Å²) in [4.78, 5) is 30.9. The van der Waals surface area contributed by atoms with Crippen LogP contribution in [0.5, 0.6) is 5.88 Å². The number of ether oxygens (including phenoxy) is 1. The van der Waals surface area contributed by atoms with E-state index in [1.54, 1.807) is 18.3 Å². The number of nitrogens with zero attached hydrogens (tertiary/aromatic N) is 1. The smallest absolute Gasteiger partial charge is 0.252 e. The zero-order valence-corrected chi connectivity index (χ0v) is 13.5. The first-order valence-corrected chi connectivity index (χ1v) is 7.76. The van der Waals surface area contributed by atoms with Gasteiger partial charge in [-0.1, -0.05) is 6.07 Å². The van der Waals surface area contributed by atoms with E-state index in [2.05, 4.69) is 15.3 Å². The standard InChI is InChI=1S/C18H16FN3O3/c1-2-25-18-11(4-3-7-20-18)10-21-17(24)14-9-16(23)22-15-8-12(19)5-6-13(14)15/h3-9H,2,10H2,1H3,(H,21,24)(H,22,23). The van der Waals surface area contributed by atoms with Gasteiger partial charge in [0, 0.05) is 29.8 Å². The van der Waals surface area contributed by atoms with Crippen LogP contribution in [0.15, 0.2) is 47.4 Å². The van der Waals surface area contributed by atoms with Gasteiger partial charge >= 0.3 is 0 Å². The molecule has 0 saturated heterocycles. The number of pyridine rings is 2. The van der Waals surface area contributed by atoms with Gasteiger partial charge < -0.3 is 15.0 Å².